The van der Waals surface area contributed by atoms with Crippen molar-refractivity contribution in [2.75, 3.05) is 26.7 Å². The topological polar surface area (TPSA) is 55.3 Å². The molecule has 0 saturated heterocycles. The van der Waals surface area contributed by atoms with E-state index in [0.29, 0.717) is 6.54 Å². The fourth-order valence-corrected chi connectivity index (χ4v) is 1.85. The van der Waals surface area contributed by atoms with Crippen LogP contribution in [0, 0.1) is 13.8 Å². The molecule has 1 rings (SSSR count). The van der Waals surface area contributed by atoms with E-state index in [2.05, 4.69) is 44.0 Å². The normalized spacial score (nSPS) is 13.1. The Morgan fingerprint density at radius 3 is 2.53 bits per heavy atom. The molecule has 0 spiro atoms. The Labute approximate surface area is 105 Å². The van der Waals surface area contributed by atoms with Gasteiger partial charge in [-0.3, -0.25) is 0 Å². The molecule has 96 valence electrons. The van der Waals surface area contributed by atoms with Crippen LogP contribution in [0.1, 0.15) is 16.7 Å². The van der Waals surface area contributed by atoms with Crippen LogP contribution >= 0.6 is 0 Å². The smallest absolute Gasteiger partial charge is 0.0292 e. The highest BCUT2D eigenvalue weighted by Crippen LogP contribution is 2.10. The third kappa shape index (κ3) is 4.86. The molecule has 0 amide bonds. The minimum atomic E-state index is 0.0831. The number of hydrogen-bond donors (Lipinski definition) is 2. The fraction of sp³-hybridized carbons (Fsp3) is 0.571. The van der Waals surface area contributed by atoms with Crippen molar-refractivity contribution in [2.24, 2.45) is 11.5 Å². The van der Waals surface area contributed by atoms with Gasteiger partial charge < -0.3 is 16.4 Å². The lowest BCUT2D eigenvalue weighted by atomic mass is 10.0. The second kappa shape index (κ2) is 6.74. The summed E-state index contributed by atoms with van der Waals surface area (Å²) in [5.41, 5.74) is 15.4. The molecule has 0 fully saturated rings. The SMILES string of the molecule is Cc1ccc(CCN(C)CC(N)CN)cc1C. The summed E-state index contributed by atoms with van der Waals surface area (Å²) in [6, 6.07) is 6.75. The van der Waals surface area contributed by atoms with Crippen molar-refractivity contribution in [3.8, 4) is 0 Å². The summed E-state index contributed by atoms with van der Waals surface area (Å²) in [6.45, 7) is 6.74. The summed E-state index contributed by atoms with van der Waals surface area (Å²) >= 11 is 0. The first kappa shape index (κ1) is 14.2. The van der Waals surface area contributed by atoms with E-state index in [9.17, 15) is 0 Å². The lowest BCUT2D eigenvalue weighted by molar-refractivity contribution is 0.316. The van der Waals surface area contributed by atoms with Crippen molar-refractivity contribution < 1.29 is 0 Å². The molecule has 0 aliphatic heterocycles. The minimum absolute atomic E-state index is 0.0831. The molecule has 3 heteroatoms. The zero-order valence-electron chi connectivity index (χ0n) is 11.2. The van der Waals surface area contributed by atoms with Crippen LogP contribution in [0.4, 0.5) is 0 Å². The molecular formula is C14H25N3. The van der Waals surface area contributed by atoms with Gasteiger partial charge in [-0.25, -0.2) is 0 Å². The molecule has 1 atom stereocenters. The number of hydrogen-bond acceptors (Lipinski definition) is 3. The van der Waals surface area contributed by atoms with E-state index < -0.39 is 0 Å². The van der Waals surface area contributed by atoms with Crippen LogP contribution in [0.15, 0.2) is 18.2 Å². The van der Waals surface area contributed by atoms with Gasteiger partial charge in [0.05, 0.1) is 0 Å². The van der Waals surface area contributed by atoms with Crippen molar-refractivity contribution in [3.05, 3.63) is 34.9 Å². The Hall–Kier alpha value is -0.900. The van der Waals surface area contributed by atoms with Gasteiger partial charge >= 0.3 is 0 Å². The molecule has 0 aliphatic carbocycles. The molecule has 4 N–H and O–H groups in total. The molecule has 0 aliphatic rings. The standard InChI is InChI=1S/C14H25N3/c1-11-4-5-13(8-12(11)2)6-7-17(3)10-14(16)9-15/h4-5,8,14H,6-7,9-10,15-16H2,1-3H3. The van der Waals surface area contributed by atoms with Crippen LogP contribution < -0.4 is 11.5 Å². The van der Waals surface area contributed by atoms with Crippen molar-refractivity contribution in [3.63, 3.8) is 0 Å². The van der Waals surface area contributed by atoms with E-state index in [4.69, 9.17) is 11.5 Å². The van der Waals surface area contributed by atoms with Gasteiger partial charge in [0.1, 0.15) is 0 Å². The molecule has 1 unspecified atom stereocenters. The quantitative estimate of drug-likeness (QED) is 0.775. The third-order valence-electron chi connectivity index (χ3n) is 3.20. The number of likely N-dealkylation sites (N-methyl/N-ethyl adjacent to an activating group) is 1. The summed E-state index contributed by atoms with van der Waals surface area (Å²) in [4.78, 5) is 2.24. The Bertz CT molecular complexity index is 349. The number of nitrogens with zero attached hydrogens (tertiary/aromatic N) is 1. The summed E-state index contributed by atoms with van der Waals surface area (Å²) in [5, 5.41) is 0. The van der Waals surface area contributed by atoms with Gasteiger partial charge in [-0.1, -0.05) is 18.2 Å². The zero-order valence-corrected chi connectivity index (χ0v) is 11.2. The molecule has 3 nitrogen and oxygen atoms in total. The van der Waals surface area contributed by atoms with Gasteiger partial charge in [-0.05, 0) is 44.0 Å². The highest BCUT2D eigenvalue weighted by molar-refractivity contribution is 5.30. The van der Waals surface area contributed by atoms with Crippen LogP contribution in [0.3, 0.4) is 0 Å². The van der Waals surface area contributed by atoms with E-state index in [-0.39, 0.29) is 6.04 Å². The van der Waals surface area contributed by atoms with Gasteiger partial charge in [0.2, 0.25) is 0 Å². The van der Waals surface area contributed by atoms with Gasteiger partial charge in [0, 0.05) is 25.7 Å². The molecule has 0 aromatic heterocycles. The van der Waals surface area contributed by atoms with Crippen molar-refractivity contribution >= 4 is 0 Å². The Morgan fingerprint density at radius 2 is 1.94 bits per heavy atom. The first-order valence-corrected chi connectivity index (χ1v) is 6.23. The summed E-state index contributed by atoms with van der Waals surface area (Å²) in [7, 11) is 2.09. The average Bonchev–Trinajstić information content (AvgIpc) is 2.30. The van der Waals surface area contributed by atoms with Crippen LogP contribution in [0.2, 0.25) is 0 Å². The van der Waals surface area contributed by atoms with Gasteiger partial charge in [-0.15, -0.1) is 0 Å². The van der Waals surface area contributed by atoms with Gasteiger partial charge in [-0.2, -0.15) is 0 Å². The fourth-order valence-electron chi connectivity index (χ4n) is 1.85. The Balaban J connectivity index is 2.42. The highest BCUT2D eigenvalue weighted by atomic mass is 15.1. The number of aryl methyl sites for hydroxylation is 2. The van der Waals surface area contributed by atoms with E-state index in [1.165, 1.54) is 16.7 Å². The summed E-state index contributed by atoms with van der Waals surface area (Å²) < 4.78 is 0. The molecule has 1 aromatic carbocycles. The van der Waals surface area contributed by atoms with E-state index in [0.717, 1.165) is 19.5 Å². The summed E-state index contributed by atoms with van der Waals surface area (Å²) in [5.74, 6) is 0. The lowest BCUT2D eigenvalue weighted by Gasteiger charge is -2.20. The second-order valence-corrected chi connectivity index (χ2v) is 4.93. The van der Waals surface area contributed by atoms with Crippen LogP contribution in [-0.4, -0.2) is 37.6 Å². The molecule has 0 bridgehead atoms. The van der Waals surface area contributed by atoms with Crippen LogP contribution in [0.5, 0.6) is 0 Å². The van der Waals surface area contributed by atoms with E-state index >= 15 is 0 Å². The Kier molecular flexibility index (Phi) is 5.62. The monoisotopic (exact) mass is 235 g/mol. The van der Waals surface area contributed by atoms with Crippen molar-refractivity contribution in [1.29, 1.82) is 0 Å². The van der Waals surface area contributed by atoms with Crippen LogP contribution in [-0.2, 0) is 6.42 Å². The molecule has 0 saturated carbocycles. The first-order chi connectivity index (χ1) is 8.02. The molecular weight excluding hydrogens is 210 g/mol. The van der Waals surface area contributed by atoms with Crippen molar-refractivity contribution in [1.82, 2.24) is 4.90 Å². The average molecular weight is 235 g/mol. The third-order valence-corrected chi connectivity index (χ3v) is 3.20. The Morgan fingerprint density at radius 1 is 1.24 bits per heavy atom. The molecule has 0 radical (unpaired) electrons. The van der Waals surface area contributed by atoms with E-state index in [1.807, 2.05) is 0 Å². The van der Waals surface area contributed by atoms with E-state index in [1.54, 1.807) is 0 Å². The maximum absolute atomic E-state index is 5.82. The molecule has 0 heterocycles. The molecule has 17 heavy (non-hydrogen) atoms. The number of benzene rings is 1. The predicted octanol–water partition coefficient (Wildman–Crippen LogP) is 1.06. The minimum Gasteiger partial charge on any atom is -0.329 e. The maximum Gasteiger partial charge on any atom is 0.0292 e. The number of nitrogens with two attached hydrogens (primary N) is 2. The highest BCUT2D eigenvalue weighted by Gasteiger charge is 2.05. The summed E-state index contributed by atoms with van der Waals surface area (Å²) in [6.07, 6.45) is 1.06. The van der Waals surface area contributed by atoms with Gasteiger partial charge in [0.15, 0.2) is 0 Å². The zero-order chi connectivity index (χ0) is 12.8. The lowest BCUT2D eigenvalue weighted by Crippen LogP contribution is -2.41. The molecule has 1 aromatic rings. The first-order valence-electron chi connectivity index (χ1n) is 6.23. The number of rotatable bonds is 6. The largest absolute Gasteiger partial charge is 0.329 e. The van der Waals surface area contributed by atoms with Gasteiger partial charge in [0.25, 0.3) is 0 Å². The second-order valence-electron chi connectivity index (χ2n) is 4.93. The van der Waals surface area contributed by atoms with Crippen LogP contribution in [0.25, 0.3) is 0 Å². The maximum atomic E-state index is 5.82. The van der Waals surface area contributed by atoms with Crippen molar-refractivity contribution in [2.45, 2.75) is 26.3 Å². The predicted molar refractivity (Wildman–Crippen MR) is 74.1 cm³/mol.